The van der Waals surface area contributed by atoms with Gasteiger partial charge < -0.3 is 14.4 Å². The summed E-state index contributed by atoms with van der Waals surface area (Å²) in [5.74, 6) is 1.47. The molecule has 1 aromatic rings. The van der Waals surface area contributed by atoms with E-state index in [0.29, 0.717) is 24.7 Å². The van der Waals surface area contributed by atoms with E-state index in [-0.39, 0.29) is 18.1 Å². The number of hydrogen-bond acceptors (Lipinski definition) is 5. The van der Waals surface area contributed by atoms with E-state index in [0.717, 1.165) is 19.3 Å². The number of aliphatic hydroxyl groups is 1. The number of hydrogen-bond donors (Lipinski definition) is 1. The molecule has 1 saturated carbocycles. The SMILES string of the molecule is CCOC(C)c1noc(CC2CCCCC2O)n1. The first-order valence-corrected chi connectivity index (χ1v) is 6.82. The van der Waals surface area contributed by atoms with Crippen LogP contribution in [0, 0.1) is 5.92 Å². The second-order valence-electron chi connectivity index (χ2n) is 4.96. The van der Waals surface area contributed by atoms with E-state index in [9.17, 15) is 5.11 Å². The third kappa shape index (κ3) is 3.29. The minimum atomic E-state index is -0.224. The maximum atomic E-state index is 9.92. The van der Waals surface area contributed by atoms with Crippen molar-refractivity contribution in [1.82, 2.24) is 10.1 Å². The highest BCUT2D eigenvalue weighted by Crippen LogP contribution is 2.27. The number of rotatable bonds is 5. The Morgan fingerprint density at radius 2 is 2.22 bits per heavy atom. The molecular weight excluding hydrogens is 232 g/mol. The third-order valence-corrected chi connectivity index (χ3v) is 3.57. The summed E-state index contributed by atoms with van der Waals surface area (Å²) in [6.45, 7) is 4.48. The lowest BCUT2D eigenvalue weighted by molar-refractivity contribution is 0.0654. The minimum Gasteiger partial charge on any atom is -0.393 e. The second-order valence-corrected chi connectivity index (χ2v) is 4.96. The first-order valence-electron chi connectivity index (χ1n) is 6.82. The smallest absolute Gasteiger partial charge is 0.227 e. The molecule has 1 aliphatic rings. The number of aromatic nitrogens is 2. The average Bonchev–Trinajstić information content (AvgIpc) is 2.81. The molecule has 3 unspecified atom stereocenters. The van der Waals surface area contributed by atoms with Crippen molar-refractivity contribution in [3.8, 4) is 0 Å². The molecule has 0 amide bonds. The minimum absolute atomic E-state index is 0.135. The highest BCUT2D eigenvalue weighted by Gasteiger charge is 2.25. The molecule has 18 heavy (non-hydrogen) atoms. The van der Waals surface area contributed by atoms with Gasteiger partial charge in [-0.2, -0.15) is 4.98 Å². The summed E-state index contributed by atoms with van der Waals surface area (Å²) in [5, 5.41) is 13.8. The van der Waals surface area contributed by atoms with E-state index in [2.05, 4.69) is 10.1 Å². The molecule has 1 fully saturated rings. The molecule has 5 nitrogen and oxygen atoms in total. The first-order chi connectivity index (χ1) is 8.70. The van der Waals surface area contributed by atoms with Crippen molar-refractivity contribution in [1.29, 1.82) is 0 Å². The molecule has 1 N–H and O–H groups in total. The monoisotopic (exact) mass is 254 g/mol. The van der Waals surface area contributed by atoms with Gasteiger partial charge in [0.2, 0.25) is 5.89 Å². The summed E-state index contributed by atoms with van der Waals surface area (Å²) in [7, 11) is 0. The normalized spacial score (nSPS) is 26.2. The van der Waals surface area contributed by atoms with Crippen LogP contribution in [0.15, 0.2) is 4.52 Å². The van der Waals surface area contributed by atoms with Gasteiger partial charge in [0.1, 0.15) is 6.10 Å². The quantitative estimate of drug-likeness (QED) is 0.873. The zero-order valence-corrected chi connectivity index (χ0v) is 11.1. The Morgan fingerprint density at radius 3 is 2.94 bits per heavy atom. The van der Waals surface area contributed by atoms with E-state index in [1.54, 1.807) is 0 Å². The van der Waals surface area contributed by atoms with Crippen molar-refractivity contribution in [2.24, 2.45) is 5.92 Å². The predicted octanol–water partition coefficient (Wildman–Crippen LogP) is 2.26. The summed E-state index contributed by atoms with van der Waals surface area (Å²) >= 11 is 0. The predicted molar refractivity (Wildman–Crippen MR) is 66.0 cm³/mol. The average molecular weight is 254 g/mol. The van der Waals surface area contributed by atoms with E-state index >= 15 is 0 Å². The summed E-state index contributed by atoms with van der Waals surface area (Å²) in [4.78, 5) is 4.34. The molecule has 0 aliphatic heterocycles. The summed E-state index contributed by atoms with van der Waals surface area (Å²) in [6, 6.07) is 0. The molecule has 5 heteroatoms. The fourth-order valence-corrected chi connectivity index (χ4v) is 2.49. The van der Waals surface area contributed by atoms with Crippen molar-refractivity contribution in [3.63, 3.8) is 0 Å². The summed E-state index contributed by atoms with van der Waals surface area (Å²) in [6.07, 6.45) is 4.54. The Bertz CT molecular complexity index is 367. The van der Waals surface area contributed by atoms with Crippen LogP contribution in [0.25, 0.3) is 0 Å². The largest absolute Gasteiger partial charge is 0.393 e. The highest BCUT2D eigenvalue weighted by molar-refractivity contribution is 4.92. The standard InChI is InChI=1S/C13H22N2O3/c1-3-17-9(2)13-14-12(18-15-13)8-10-6-4-5-7-11(10)16/h9-11,16H,3-8H2,1-2H3. The van der Waals surface area contributed by atoms with E-state index < -0.39 is 0 Å². The molecule has 0 aromatic carbocycles. The van der Waals surface area contributed by atoms with Crippen LogP contribution in [0.2, 0.25) is 0 Å². The van der Waals surface area contributed by atoms with Crippen LogP contribution in [-0.2, 0) is 11.2 Å². The topological polar surface area (TPSA) is 68.4 Å². The van der Waals surface area contributed by atoms with Crippen molar-refractivity contribution < 1.29 is 14.4 Å². The van der Waals surface area contributed by atoms with Gasteiger partial charge in [0, 0.05) is 13.0 Å². The number of nitrogens with zero attached hydrogens (tertiary/aromatic N) is 2. The zero-order valence-electron chi connectivity index (χ0n) is 11.1. The van der Waals surface area contributed by atoms with Crippen LogP contribution >= 0.6 is 0 Å². The molecule has 2 rings (SSSR count). The molecule has 1 aromatic heterocycles. The van der Waals surface area contributed by atoms with Gasteiger partial charge in [0.15, 0.2) is 5.82 Å². The summed E-state index contributed by atoms with van der Waals surface area (Å²) in [5.41, 5.74) is 0. The maximum Gasteiger partial charge on any atom is 0.227 e. The van der Waals surface area contributed by atoms with Gasteiger partial charge in [-0.1, -0.05) is 18.0 Å². The van der Waals surface area contributed by atoms with Crippen molar-refractivity contribution in [3.05, 3.63) is 11.7 Å². The van der Waals surface area contributed by atoms with Gasteiger partial charge in [0.25, 0.3) is 0 Å². The maximum absolute atomic E-state index is 9.92. The Labute approximate surface area is 108 Å². The molecule has 0 radical (unpaired) electrons. The highest BCUT2D eigenvalue weighted by atomic mass is 16.5. The molecule has 102 valence electrons. The molecule has 1 heterocycles. The van der Waals surface area contributed by atoms with Crippen molar-refractivity contribution in [2.75, 3.05) is 6.61 Å². The van der Waals surface area contributed by atoms with Gasteiger partial charge >= 0.3 is 0 Å². The molecule has 3 atom stereocenters. The first kappa shape index (κ1) is 13.5. The Hall–Kier alpha value is -0.940. The van der Waals surface area contributed by atoms with Gasteiger partial charge in [-0.3, -0.25) is 0 Å². The van der Waals surface area contributed by atoms with Gasteiger partial charge in [-0.15, -0.1) is 0 Å². The van der Waals surface area contributed by atoms with Crippen LogP contribution in [0.3, 0.4) is 0 Å². The fourth-order valence-electron chi connectivity index (χ4n) is 2.49. The zero-order chi connectivity index (χ0) is 13.0. The van der Waals surface area contributed by atoms with Crippen LogP contribution in [0.1, 0.15) is 57.3 Å². The van der Waals surface area contributed by atoms with Crippen LogP contribution in [-0.4, -0.2) is 28.0 Å². The van der Waals surface area contributed by atoms with Crippen LogP contribution in [0.5, 0.6) is 0 Å². The van der Waals surface area contributed by atoms with Crippen molar-refractivity contribution in [2.45, 2.75) is 58.2 Å². The van der Waals surface area contributed by atoms with E-state index in [1.165, 1.54) is 6.42 Å². The third-order valence-electron chi connectivity index (χ3n) is 3.57. The van der Waals surface area contributed by atoms with Gasteiger partial charge in [-0.05, 0) is 32.6 Å². The summed E-state index contributed by atoms with van der Waals surface area (Å²) < 4.78 is 10.6. The lowest BCUT2D eigenvalue weighted by Gasteiger charge is -2.26. The molecule has 0 spiro atoms. The van der Waals surface area contributed by atoms with Gasteiger partial charge in [-0.25, -0.2) is 0 Å². The number of ether oxygens (including phenoxy) is 1. The molecular formula is C13H22N2O3. The van der Waals surface area contributed by atoms with Gasteiger partial charge in [0.05, 0.1) is 6.10 Å². The second kappa shape index (κ2) is 6.29. The lowest BCUT2D eigenvalue weighted by Crippen LogP contribution is -2.26. The molecule has 0 saturated heterocycles. The van der Waals surface area contributed by atoms with Crippen LogP contribution in [0.4, 0.5) is 0 Å². The van der Waals surface area contributed by atoms with E-state index in [1.807, 2.05) is 13.8 Å². The lowest BCUT2D eigenvalue weighted by atomic mass is 9.84. The molecule has 0 bridgehead atoms. The van der Waals surface area contributed by atoms with Crippen LogP contribution < -0.4 is 0 Å². The number of aliphatic hydroxyl groups excluding tert-OH is 1. The Balaban J connectivity index is 1.93. The Kier molecular flexibility index (Phi) is 4.72. The van der Waals surface area contributed by atoms with Crippen molar-refractivity contribution >= 4 is 0 Å². The van der Waals surface area contributed by atoms with E-state index in [4.69, 9.17) is 9.26 Å². The Morgan fingerprint density at radius 1 is 1.44 bits per heavy atom. The molecule has 1 aliphatic carbocycles. The fraction of sp³-hybridized carbons (Fsp3) is 0.846.